The SMILES string of the molecule is [CH2]C=CCCCCCCC=CCCCCCCC. The lowest BCUT2D eigenvalue weighted by atomic mass is 10.1. The summed E-state index contributed by atoms with van der Waals surface area (Å²) < 4.78 is 0. The van der Waals surface area contributed by atoms with E-state index >= 15 is 0 Å². The molecule has 0 aromatic carbocycles. The topological polar surface area (TPSA) is 0 Å². The lowest BCUT2D eigenvalue weighted by molar-refractivity contribution is 0.635. The van der Waals surface area contributed by atoms with E-state index < -0.39 is 0 Å². The van der Waals surface area contributed by atoms with Gasteiger partial charge in [-0.05, 0) is 45.4 Å². The smallest absolute Gasteiger partial charge is 0.0316 e. The van der Waals surface area contributed by atoms with Crippen LogP contribution in [0.3, 0.4) is 0 Å². The van der Waals surface area contributed by atoms with Crippen LogP contribution in [0.5, 0.6) is 0 Å². The first-order valence-electron chi connectivity index (χ1n) is 8.01. The van der Waals surface area contributed by atoms with Crippen molar-refractivity contribution in [2.24, 2.45) is 0 Å². The zero-order valence-electron chi connectivity index (χ0n) is 12.5. The Balaban J connectivity index is 3.04. The summed E-state index contributed by atoms with van der Waals surface area (Å²) in [5, 5.41) is 0. The predicted molar refractivity (Wildman–Crippen MR) is 84.7 cm³/mol. The van der Waals surface area contributed by atoms with Crippen LogP contribution in [-0.2, 0) is 0 Å². The van der Waals surface area contributed by atoms with Crippen LogP contribution in [0.25, 0.3) is 0 Å². The molecule has 0 aromatic heterocycles. The quantitative estimate of drug-likeness (QED) is 0.254. The number of hydrogen-bond acceptors (Lipinski definition) is 0. The molecule has 0 amide bonds. The normalized spacial score (nSPS) is 11.9. The summed E-state index contributed by atoms with van der Waals surface area (Å²) >= 11 is 0. The summed E-state index contributed by atoms with van der Waals surface area (Å²) in [6.45, 7) is 5.97. The molecular formula is C18H33. The van der Waals surface area contributed by atoms with Gasteiger partial charge in [-0.15, -0.1) is 0 Å². The Morgan fingerprint density at radius 1 is 0.611 bits per heavy atom. The summed E-state index contributed by atoms with van der Waals surface area (Å²) in [7, 11) is 0. The summed E-state index contributed by atoms with van der Waals surface area (Å²) in [6, 6.07) is 0. The molecule has 105 valence electrons. The Kier molecular flexibility index (Phi) is 16.0. The van der Waals surface area contributed by atoms with Crippen LogP contribution in [0.2, 0.25) is 0 Å². The molecule has 0 unspecified atom stereocenters. The van der Waals surface area contributed by atoms with Gasteiger partial charge in [0.1, 0.15) is 0 Å². The maximum Gasteiger partial charge on any atom is -0.0316 e. The number of allylic oxidation sites excluding steroid dienone is 4. The van der Waals surface area contributed by atoms with Crippen molar-refractivity contribution >= 4 is 0 Å². The van der Waals surface area contributed by atoms with Gasteiger partial charge in [0.15, 0.2) is 0 Å². The molecule has 0 aliphatic carbocycles. The molecule has 0 N–H and O–H groups in total. The van der Waals surface area contributed by atoms with Gasteiger partial charge in [-0.25, -0.2) is 0 Å². The molecule has 0 saturated heterocycles. The van der Waals surface area contributed by atoms with Crippen LogP contribution in [0.1, 0.15) is 84.0 Å². The Bertz CT molecular complexity index is 188. The summed E-state index contributed by atoms with van der Waals surface area (Å²) in [4.78, 5) is 0. The van der Waals surface area contributed by atoms with Gasteiger partial charge in [-0.3, -0.25) is 0 Å². The van der Waals surface area contributed by atoms with Gasteiger partial charge in [-0.1, -0.05) is 69.8 Å². The molecule has 0 spiro atoms. The first-order chi connectivity index (χ1) is 8.91. The van der Waals surface area contributed by atoms with Gasteiger partial charge in [0.25, 0.3) is 0 Å². The van der Waals surface area contributed by atoms with E-state index in [9.17, 15) is 0 Å². The monoisotopic (exact) mass is 249 g/mol. The predicted octanol–water partition coefficient (Wildman–Crippen LogP) is 6.63. The number of unbranched alkanes of at least 4 members (excludes halogenated alkanes) is 10. The average Bonchev–Trinajstić information content (AvgIpc) is 2.39. The fourth-order valence-electron chi connectivity index (χ4n) is 2.10. The zero-order valence-corrected chi connectivity index (χ0v) is 12.5. The molecule has 0 rings (SSSR count). The largest absolute Gasteiger partial charge is 0.0885 e. The summed E-state index contributed by atoms with van der Waals surface area (Å²) in [6.07, 6.45) is 25.0. The minimum atomic E-state index is 1.21. The fraction of sp³-hybridized carbons (Fsp3) is 0.722. The molecule has 0 saturated carbocycles. The van der Waals surface area contributed by atoms with Crippen LogP contribution < -0.4 is 0 Å². The highest BCUT2D eigenvalue weighted by Gasteiger charge is 1.88. The highest BCUT2D eigenvalue weighted by molar-refractivity contribution is 4.83. The molecule has 0 bridgehead atoms. The van der Waals surface area contributed by atoms with E-state index in [1.807, 2.05) is 6.08 Å². The second kappa shape index (κ2) is 16.5. The maximum atomic E-state index is 3.70. The van der Waals surface area contributed by atoms with E-state index in [2.05, 4.69) is 32.1 Å². The minimum absolute atomic E-state index is 1.21. The maximum absolute atomic E-state index is 3.70. The van der Waals surface area contributed by atoms with Crippen LogP contribution in [0.4, 0.5) is 0 Å². The van der Waals surface area contributed by atoms with Crippen molar-refractivity contribution in [2.45, 2.75) is 84.0 Å². The van der Waals surface area contributed by atoms with E-state index in [4.69, 9.17) is 0 Å². The second-order valence-corrected chi connectivity index (χ2v) is 5.14. The van der Waals surface area contributed by atoms with Crippen molar-refractivity contribution in [3.63, 3.8) is 0 Å². The van der Waals surface area contributed by atoms with E-state index in [-0.39, 0.29) is 0 Å². The van der Waals surface area contributed by atoms with Crippen LogP contribution in [0, 0.1) is 6.92 Å². The standard InChI is InChI=1S/C18H33/c1-3-5-7-9-11-13-15-17-18-16-14-12-10-8-6-4-2/h3,5,16,18H,1,4,6-15,17H2,2H3. The molecule has 0 fully saturated rings. The molecule has 0 heteroatoms. The summed E-state index contributed by atoms with van der Waals surface area (Å²) in [5.74, 6) is 0. The Morgan fingerprint density at radius 3 is 1.50 bits per heavy atom. The van der Waals surface area contributed by atoms with E-state index in [1.54, 1.807) is 0 Å². The molecule has 18 heavy (non-hydrogen) atoms. The minimum Gasteiger partial charge on any atom is -0.0885 e. The van der Waals surface area contributed by atoms with E-state index in [1.165, 1.54) is 77.0 Å². The van der Waals surface area contributed by atoms with Gasteiger partial charge in [0, 0.05) is 0 Å². The number of rotatable bonds is 13. The van der Waals surface area contributed by atoms with Crippen molar-refractivity contribution in [1.82, 2.24) is 0 Å². The Morgan fingerprint density at radius 2 is 1.06 bits per heavy atom. The van der Waals surface area contributed by atoms with Gasteiger partial charge in [0.05, 0.1) is 0 Å². The average molecular weight is 249 g/mol. The highest BCUT2D eigenvalue weighted by atomic mass is 13.9. The first kappa shape index (κ1) is 17.5. The zero-order chi connectivity index (χ0) is 13.3. The molecule has 0 atom stereocenters. The molecule has 0 heterocycles. The van der Waals surface area contributed by atoms with Crippen LogP contribution in [0.15, 0.2) is 24.3 Å². The third-order valence-electron chi connectivity index (χ3n) is 3.30. The molecule has 0 aromatic rings. The van der Waals surface area contributed by atoms with Crippen LogP contribution in [-0.4, -0.2) is 0 Å². The lowest BCUT2D eigenvalue weighted by Crippen LogP contribution is -1.78. The second-order valence-electron chi connectivity index (χ2n) is 5.14. The van der Waals surface area contributed by atoms with E-state index in [0.29, 0.717) is 0 Å². The fourth-order valence-corrected chi connectivity index (χ4v) is 2.10. The third kappa shape index (κ3) is 15.5. The molecule has 1 radical (unpaired) electrons. The lowest BCUT2D eigenvalue weighted by Gasteiger charge is -1.97. The van der Waals surface area contributed by atoms with Crippen molar-refractivity contribution in [1.29, 1.82) is 0 Å². The van der Waals surface area contributed by atoms with Crippen molar-refractivity contribution < 1.29 is 0 Å². The van der Waals surface area contributed by atoms with Crippen molar-refractivity contribution in [3.05, 3.63) is 31.2 Å². The molecular weight excluding hydrogens is 216 g/mol. The van der Waals surface area contributed by atoms with Gasteiger partial charge >= 0.3 is 0 Å². The summed E-state index contributed by atoms with van der Waals surface area (Å²) in [5.41, 5.74) is 0. The van der Waals surface area contributed by atoms with Crippen molar-refractivity contribution in [3.8, 4) is 0 Å². The van der Waals surface area contributed by atoms with Crippen molar-refractivity contribution in [2.75, 3.05) is 0 Å². The van der Waals surface area contributed by atoms with Gasteiger partial charge < -0.3 is 0 Å². The highest BCUT2D eigenvalue weighted by Crippen LogP contribution is 2.08. The third-order valence-corrected chi connectivity index (χ3v) is 3.30. The Hall–Kier alpha value is -0.520. The Labute approximate surface area is 116 Å². The molecule has 0 aliphatic rings. The molecule has 0 aliphatic heterocycles. The van der Waals surface area contributed by atoms with Crippen LogP contribution >= 0.6 is 0 Å². The first-order valence-corrected chi connectivity index (χ1v) is 8.01. The number of hydrogen-bond donors (Lipinski definition) is 0. The van der Waals surface area contributed by atoms with Gasteiger partial charge in [-0.2, -0.15) is 0 Å². The van der Waals surface area contributed by atoms with E-state index in [0.717, 1.165) is 0 Å². The van der Waals surface area contributed by atoms with Gasteiger partial charge in [0.2, 0.25) is 0 Å². The molecule has 0 nitrogen and oxygen atoms in total.